The maximum atomic E-state index is 11.7. The molecule has 2 aliphatic rings. The van der Waals surface area contributed by atoms with E-state index in [2.05, 4.69) is 22.0 Å². The number of hydrogen-bond acceptors (Lipinski definition) is 6. The number of benzene rings is 1. The summed E-state index contributed by atoms with van der Waals surface area (Å²) in [6.45, 7) is 5.33. The highest BCUT2D eigenvalue weighted by Gasteiger charge is 2.25. The first kappa shape index (κ1) is 20.4. The normalized spacial score (nSPS) is 16.2. The van der Waals surface area contributed by atoms with Crippen molar-refractivity contribution in [3.63, 3.8) is 0 Å². The lowest BCUT2D eigenvalue weighted by Gasteiger charge is -2.30. The molecule has 0 radical (unpaired) electrons. The molecule has 1 fully saturated rings. The molecule has 6 heteroatoms. The Bertz CT molecular complexity index is 944. The minimum Gasteiger partial charge on any atom is -0.497 e. The van der Waals surface area contributed by atoms with E-state index in [1.54, 1.807) is 7.11 Å². The number of carbonyl (C=O) groups excluding carboxylic acids is 1. The average Bonchev–Trinajstić information content (AvgIpc) is 2.94. The molecule has 2 aromatic rings. The number of ether oxygens (including phenoxy) is 3. The third-order valence-electron chi connectivity index (χ3n) is 5.73. The predicted molar refractivity (Wildman–Crippen MR) is 115 cm³/mol. The molecule has 0 spiro atoms. The molecule has 0 bridgehead atoms. The van der Waals surface area contributed by atoms with Gasteiger partial charge in [-0.3, -0.25) is 9.78 Å². The Morgan fingerprint density at radius 2 is 2.03 bits per heavy atom. The molecule has 0 atom stereocenters. The second kappa shape index (κ2) is 9.30. The summed E-state index contributed by atoms with van der Waals surface area (Å²) in [6, 6.07) is 10.2. The van der Waals surface area contributed by atoms with E-state index in [0.717, 1.165) is 60.8 Å². The molecule has 0 N–H and O–H groups in total. The maximum absolute atomic E-state index is 11.7. The highest BCUT2D eigenvalue weighted by Crippen LogP contribution is 2.41. The van der Waals surface area contributed by atoms with E-state index in [-0.39, 0.29) is 5.97 Å². The van der Waals surface area contributed by atoms with E-state index < -0.39 is 0 Å². The van der Waals surface area contributed by atoms with Crippen molar-refractivity contribution in [2.75, 3.05) is 33.4 Å². The van der Waals surface area contributed by atoms with Crippen LogP contribution >= 0.6 is 0 Å². The van der Waals surface area contributed by atoms with Crippen LogP contribution in [0, 0.1) is 0 Å². The standard InChI is InChI=1S/C24H28N2O4/c1-3-29-23(27)10-14-26-12-8-17(9-13-26)24-19-5-4-11-25-21(19)16-30-22-15-18(28-2)6-7-20(22)24/h4-7,11,15H,3,8-10,12-14,16H2,1-2H3. The molecule has 158 valence electrons. The van der Waals surface area contributed by atoms with Crippen molar-refractivity contribution in [1.82, 2.24) is 9.88 Å². The smallest absolute Gasteiger partial charge is 0.307 e. The zero-order chi connectivity index (χ0) is 20.9. The first-order chi connectivity index (χ1) is 14.7. The monoisotopic (exact) mass is 408 g/mol. The van der Waals surface area contributed by atoms with E-state index in [9.17, 15) is 4.79 Å². The summed E-state index contributed by atoms with van der Waals surface area (Å²) < 4.78 is 16.6. The lowest BCUT2D eigenvalue weighted by atomic mass is 9.87. The van der Waals surface area contributed by atoms with Gasteiger partial charge in [-0.05, 0) is 43.5 Å². The fourth-order valence-electron chi connectivity index (χ4n) is 4.19. The number of likely N-dealkylation sites (tertiary alicyclic amines) is 1. The molecular formula is C24H28N2O4. The molecule has 1 aromatic heterocycles. The van der Waals surface area contributed by atoms with Gasteiger partial charge in [-0.15, -0.1) is 0 Å². The molecule has 2 aliphatic heterocycles. The number of rotatable bonds is 5. The van der Waals surface area contributed by atoms with Gasteiger partial charge in [0, 0.05) is 43.0 Å². The quantitative estimate of drug-likeness (QED) is 0.701. The summed E-state index contributed by atoms with van der Waals surface area (Å²) in [4.78, 5) is 18.6. The summed E-state index contributed by atoms with van der Waals surface area (Å²) in [5.74, 6) is 1.50. The van der Waals surface area contributed by atoms with Crippen LogP contribution < -0.4 is 9.47 Å². The Hall–Kier alpha value is -2.86. The predicted octanol–water partition coefficient (Wildman–Crippen LogP) is 3.83. The largest absolute Gasteiger partial charge is 0.497 e. The number of esters is 1. The van der Waals surface area contributed by atoms with Gasteiger partial charge in [0.05, 0.1) is 25.8 Å². The minimum atomic E-state index is -0.120. The van der Waals surface area contributed by atoms with Crippen LogP contribution in [0.5, 0.6) is 11.5 Å². The molecule has 6 nitrogen and oxygen atoms in total. The molecule has 30 heavy (non-hydrogen) atoms. The van der Waals surface area contributed by atoms with Gasteiger partial charge in [0.25, 0.3) is 0 Å². The zero-order valence-corrected chi connectivity index (χ0v) is 17.6. The van der Waals surface area contributed by atoms with Gasteiger partial charge >= 0.3 is 5.97 Å². The maximum Gasteiger partial charge on any atom is 0.307 e. The first-order valence-corrected chi connectivity index (χ1v) is 10.5. The van der Waals surface area contributed by atoms with Crippen molar-refractivity contribution in [1.29, 1.82) is 0 Å². The summed E-state index contributed by atoms with van der Waals surface area (Å²) in [5, 5.41) is 0. The SMILES string of the molecule is CCOC(=O)CCN1CCC(=C2c3ccc(OC)cc3OCc3ncccc32)CC1. The molecule has 0 aliphatic carbocycles. The summed E-state index contributed by atoms with van der Waals surface area (Å²) in [5.41, 5.74) is 5.85. The van der Waals surface area contributed by atoms with Crippen LogP contribution in [0.2, 0.25) is 0 Å². The van der Waals surface area contributed by atoms with Crippen molar-refractivity contribution < 1.29 is 19.0 Å². The van der Waals surface area contributed by atoms with E-state index in [0.29, 0.717) is 19.6 Å². The van der Waals surface area contributed by atoms with Crippen LogP contribution in [0.4, 0.5) is 0 Å². The lowest BCUT2D eigenvalue weighted by molar-refractivity contribution is -0.143. The summed E-state index contributed by atoms with van der Waals surface area (Å²) in [7, 11) is 1.67. The Labute approximate surface area is 177 Å². The van der Waals surface area contributed by atoms with Crippen LogP contribution in [-0.4, -0.2) is 49.2 Å². The van der Waals surface area contributed by atoms with Crippen LogP contribution in [0.15, 0.2) is 42.1 Å². The number of nitrogens with zero attached hydrogens (tertiary/aromatic N) is 2. The molecule has 4 rings (SSSR count). The van der Waals surface area contributed by atoms with Gasteiger partial charge in [0.15, 0.2) is 0 Å². The fourth-order valence-corrected chi connectivity index (χ4v) is 4.19. The Morgan fingerprint density at radius 3 is 2.80 bits per heavy atom. The van der Waals surface area contributed by atoms with E-state index in [4.69, 9.17) is 14.2 Å². The minimum absolute atomic E-state index is 0.120. The number of piperidine rings is 1. The molecule has 0 amide bonds. The number of carbonyl (C=O) groups is 1. The Balaban J connectivity index is 1.61. The van der Waals surface area contributed by atoms with Crippen molar-refractivity contribution in [2.24, 2.45) is 0 Å². The molecule has 1 saturated heterocycles. The van der Waals surface area contributed by atoms with Gasteiger partial charge in [0.1, 0.15) is 18.1 Å². The number of methoxy groups -OCH3 is 1. The third kappa shape index (κ3) is 4.33. The van der Waals surface area contributed by atoms with E-state index >= 15 is 0 Å². The Morgan fingerprint density at radius 1 is 1.20 bits per heavy atom. The molecule has 0 unspecified atom stereocenters. The summed E-state index contributed by atoms with van der Waals surface area (Å²) in [6.07, 6.45) is 4.18. The van der Waals surface area contributed by atoms with Gasteiger partial charge in [-0.1, -0.05) is 11.6 Å². The van der Waals surface area contributed by atoms with Crippen LogP contribution in [0.3, 0.4) is 0 Å². The molecule has 1 aromatic carbocycles. The second-order valence-electron chi connectivity index (χ2n) is 7.52. The van der Waals surface area contributed by atoms with Crippen LogP contribution in [-0.2, 0) is 16.1 Å². The summed E-state index contributed by atoms with van der Waals surface area (Å²) >= 11 is 0. The second-order valence-corrected chi connectivity index (χ2v) is 7.52. The van der Waals surface area contributed by atoms with Gasteiger partial charge in [0.2, 0.25) is 0 Å². The van der Waals surface area contributed by atoms with Gasteiger partial charge < -0.3 is 19.1 Å². The Kier molecular flexibility index (Phi) is 6.33. The van der Waals surface area contributed by atoms with Crippen molar-refractivity contribution in [3.8, 4) is 11.5 Å². The van der Waals surface area contributed by atoms with Crippen LogP contribution in [0.25, 0.3) is 5.57 Å². The highest BCUT2D eigenvalue weighted by molar-refractivity contribution is 5.87. The lowest BCUT2D eigenvalue weighted by Crippen LogP contribution is -2.33. The van der Waals surface area contributed by atoms with E-state index in [1.807, 2.05) is 31.3 Å². The van der Waals surface area contributed by atoms with Crippen LogP contribution in [0.1, 0.15) is 43.0 Å². The number of fused-ring (bicyclic) bond motifs is 2. The van der Waals surface area contributed by atoms with Crippen molar-refractivity contribution in [2.45, 2.75) is 32.8 Å². The number of aromatic nitrogens is 1. The van der Waals surface area contributed by atoms with Crippen molar-refractivity contribution in [3.05, 3.63) is 58.9 Å². The number of pyridine rings is 1. The molecular weight excluding hydrogens is 380 g/mol. The highest BCUT2D eigenvalue weighted by atomic mass is 16.5. The topological polar surface area (TPSA) is 60.9 Å². The first-order valence-electron chi connectivity index (χ1n) is 10.5. The van der Waals surface area contributed by atoms with Gasteiger partial charge in [-0.25, -0.2) is 0 Å². The number of hydrogen-bond donors (Lipinski definition) is 0. The molecule has 0 saturated carbocycles. The third-order valence-corrected chi connectivity index (χ3v) is 5.73. The van der Waals surface area contributed by atoms with Gasteiger partial charge in [-0.2, -0.15) is 0 Å². The molecule has 3 heterocycles. The fraction of sp³-hybridized carbons (Fsp3) is 0.417. The zero-order valence-electron chi connectivity index (χ0n) is 17.6. The van der Waals surface area contributed by atoms with Crippen molar-refractivity contribution >= 4 is 11.5 Å². The van der Waals surface area contributed by atoms with E-state index in [1.165, 1.54) is 11.1 Å². The average molecular weight is 408 g/mol.